The van der Waals surface area contributed by atoms with Gasteiger partial charge >= 0.3 is 0 Å². The molecule has 0 aromatic heterocycles. The molecule has 1 aliphatic heterocycles. The molecule has 0 aromatic rings. The molecule has 0 radical (unpaired) electrons. The predicted molar refractivity (Wildman–Crippen MR) is 56.1 cm³/mol. The van der Waals surface area contributed by atoms with Gasteiger partial charge in [0.15, 0.2) is 0 Å². The summed E-state index contributed by atoms with van der Waals surface area (Å²) in [7, 11) is 0. The second-order valence-electron chi connectivity index (χ2n) is 5.00. The summed E-state index contributed by atoms with van der Waals surface area (Å²) in [6.45, 7) is 7.77. The largest absolute Gasteiger partial charge is 0.389 e. The van der Waals surface area contributed by atoms with E-state index < -0.39 is 5.60 Å². The number of ketones is 1. The first kappa shape index (κ1) is 11.7. The molecule has 1 heterocycles. The summed E-state index contributed by atoms with van der Waals surface area (Å²) in [5, 5.41) is 9.67. The van der Waals surface area contributed by atoms with Crippen molar-refractivity contribution in [1.82, 2.24) is 4.90 Å². The Morgan fingerprint density at radius 1 is 1.57 bits per heavy atom. The van der Waals surface area contributed by atoms with Crippen LogP contribution in [0.15, 0.2) is 0 Å². The van der Waals surface area contributed by atoms with E-state index in [9.17, 15) is 9.90 Å². The second-order valence-corrected chi connectivity index (χ2v) is 5.00. The smallest absolute Gasteiger partial charge is 0.134 e. The van der Waals surface area contributed by atoms with E-state index in [4.69, 9.17) is 0 Å². The van der Waals surface area contributed by atoms with Gasteiger partial charge in [0.2, 0.25) is 0 Å². The van der Waals surface area contributed by atoms with E-state index >= 15 is 0 Å². The van der Waals surface area contributed by atoms with Gasteiger partial charge in [-0.15, -0.1) is 0 Å². The molecular weight excluding hydrogens is 178 g/mol. The first-order valence-corrected chi connectivity index (χ1v) is 5.34. The summed E-state index contributed by atoms with van der Waals surface area (Å²) < 4.78 is 0. The van der Waals surface area contributed by atoms with Gasteiger partial charge in [-0.3, -0.25) is 9.69 Å². The Hall–Kier alpha value is -0.410. The molecule has 1 rings (SSSR count). The number of carbonyl (C=O) groups is 1. The zero-order chi connectivity index (χ0) is 10.8. The minimum absolute atomic E-state index is 0.186. The highest BCUT2D eigenvalue weighted by Gasteiger charge is 2.26. The number of aliphatic hydroxyl groups is 1. The number of β-amino-alcohol motifs (C(OH)–C–C–N with tert-alkyl or cyclic N) is 1. The summed E-state index contributed by atoms with van der Waals surface area (Å²) in [5.41, 5.74) is -0.654. The summed E-state index contributed by atoms with van der Waals surface area (Å²) in [6.07, 6.45) is 2.08. The van der Waals surface area contributed by atoms with Gasteiger partial charge in [0.1, 0.15) is 5.78 Å². The van der Waals surface area contributed by atoms with Crippen LogP contribution in [0, 0.1) is 5.92 Å². The maximum atomic E-state index is 11.2. The van der Waals surface area contributed by atoms with Crippen LogP contribution in [-0.4, -0.2) is 41.0 Å². The molecule has 1 N–H and O–H groups in total. The maximum Gasteiger partial charge on any atom is 0.134 e. The van der Waals surface area contributed by atoms with E-state index in [1.165, 1.54) is 0 Å². The molecule has 1 fully saturated rings. The average molecular weight is 199 g/mol. The Labute approximate surface area is 86.1 Å². The van der Waals surface area contributed by atoms with Crippen LogP contribution < -0.4 is 0 Å². The topological polar surface area (TPSA) is 40.5 Å². The van der Waals surface area contributed by atoms with Crippen molar-refractivity contribution in [2.75, 3.05) is 19.6 Å². The number of piperidine rings is 1. The summed E-state index contributed by atoms with van der Waals surface area (Å²) in [6, 6.07) is 0. The van der Waals surface area contributed by atoms with E-state index in [0.29, 0.717) is 6.54 Å². The molecule has 1 unspecified atom stereocenters. The van der Waals surface area contributed by atoms with Gasteiger partial charge in [-0.1, -0.05) is 0 Å². The van der Waals surface area contributed by atoms with Crippen LogP contribution in [0.3, 0.4) is 0 Å². The number of nitrogens with zero attached hydrogens (tertiary/aromatic N) is 1. The SMILES string of the molecule is CC(=O)C1CCCN(CC(C)(C)O)C1. The van der Waals surface area contributed by atoms with Crippen molar-refractivity contribution >= 4 is 5.78 Å². The van der Waals surface area contributed by atoms with Crippen molar-refractivity contribution in [3.8, 4) is 0 Å². The van der Waals surface area contributed by atoms with Crippen LogP contribution in [0.1, 0.15) is 33.6 Å². The van der Waals surface area contributed by atoms with E-state index in [2.05, 4.69) is 4.90 Å². The average Bonchev–Trinajstić information content (AvgIpc) is 2.01. The lowest BCUT2D eigenvalue weighted by Gasteiger charge is -2.35. The minimum atomic E-state index is -0.654. The van der Waals surface area contributed by atoms with E-state index in [1.54, 1.807) is 6.92 Å². The number of likely N-dealkylation sites (tertiary alicyclic amines) is 1. The van der Waals surface area contributed by atoms with Crippen LogP contribution >= 0.6 is 0 Å². The number of carbonyl (C=O) groups excluding carboxylic acids is 1. The van der Waals surface area contributed by atoms with Gasteiger partial charge in [0, 0.05) is 19.0 Å². The molecule has 1 aliphatic rings. The lowest BCUT2D eigenvalue weighted by molar-refractivity contribution is -0.122. The molecule has 0 saturated carbocycles. The highest BCUT2D eigenvalue weighted by Crippen LogP contribution is 2.18. The molecule has 1 saturated heterocycles. The summed E-state index contributed by atoms with van der Waals surface area (Å²) in [4.78, 5) is 13.4. The molecule has 0 aromatic carbocycles. The fraction of sp³-hybridized carbons (Fsp3) is 0.909. The van der Waals surface area contributed by atoms with Crippen molar-refractivity contribution in [2.45, 2.75) is 39.2 Å². The molecular formula is C11H21NO2. The van der Waals surface area contributed by atoms with Gasteiger partial charge in [0.05, 0.1) is 5.60 Å². The zero-order valence-corrected chi connectivity index (χ0v) is 9.42. The van der Waals surface area contributed by atoms with Gasteiger partial charge < -0.3 is 5.11 Å². The molecule has 3 nitrogen and oxygen atoms in total. The van der Waals surface area contributed by atoms with Crippen molar-refractivity contribution in [3.63, 3.8) is 0 Å². The highest BCUT2D eigenvalue weighted by atomic mass is 16.3. The lowest BCUT2D eigenvalue weighted by atomic mass is 9.93. The van der Waals surface area contributed by atoms with Gasteiger partial charge in [-0.05, 0) is 40.2 Å². The number of hydrogen-bond acceptors (Lipinski definition) is 3. The van der Waals surface area contributed by atoms with Gasteiger partial charge in [-0.2, -0.15) is 0 Å². The van der Waals surface area contributed by atoms with Gasteiger partial charge in [0.25, 0.3) is 0 Å². The monoisotopic (exact) mass is 199 g/mol. The van der Waals surface area contributed by atoms with Crippen molar-refractivity contribution in [2.24, 2.45) is 5.92 Å². The number of hydrogen-bond donors (Lipinski definition) is 1. The molecule has 0 bridgehead atoms. The molecule has 0 spiro atoms. The zero-order valence-electron chi connectivity index (χ0n) is 9.42. The van der Waals surface area contributed by atoms with Crippen LogP contribution in [0.25, 0.3) is 0 Å². The van der Waals surface area contributed by atoms with Crippen LogP contribution in [-0.2, 0) is 4.79 Å². The van der Waals surface area contributed by atoms with Crippen molar-refractivity contribution in [1.29, 1.82) is 0 Å². The normalized spacial score (nSPS) is 25.0. The Bertz CT molecular complexity index is 208. The molecule has 82 valence electrons. The second kappa shape index (κ2) is 4.41. The fourth-order valence-electron chi connectivity index (χ4n) is 2.08. The Morgan fingerprint density at radius 3 is 2.71 bits per heavy atom. The van der Waals surface area contributed by atoms with E-state index in [-0.39, 0.29) is 11.7 Å². The predicted octanol–water partition coefficient (Wildman–Crippen LogP) is 1.06. The van der Waals surface area contributed by atoms with Crippen LogP contribution in [0.2, 0.25) is 0 Å². The minimum Gasteiger partial charge on any atom is -0.389 e. The Morgan fingerprint density at radius 2 is 2.21 bits per heavy atom. The van der Waals surface area contributed by atoms with Crippen molar-refractivity contribution in [3.05, 3.63) is 0 Å². The first-order chi connectivity index (χ1) is 6.38. The molecule has 14 heavy (non-hydrogen) atoms. The molecule has 0 amide bonds. The molecule has 3 heteroatoms. The van der Waals surface area contributed by atoms with Gasteiger partial charge in [-0.25, -0.2) is 0 Å². The molecule has 0 aliphatic carbocycles. The quantitative estimate of drug-likeness (QED) is 0.739. The van der Waals surface area contributed by atoms with Crippen LogP contribution in [0.5, 0.6) is 0 Å². The van der Waals surface area contributed by atoms with Crippen molar-refractivity contribution < 1.29 is 9.90 Å². The number of rotatable bonds is 3. The molecule has 1 atom stereocenters. The lowest BCUT2D eigenvalue weighted by Crippen LogP contribution is -2.45. The van der Waals surface area contributed by atoms with E-state index in [0.717, 1.165) is 25.9 Å². The van der Waals surface area contributed by atoms with E-state index in [1.807, 2.05) is 13.8 Å². The Balaban J connectivity index is 2.44. The third kappa shape index (κ3) is 3.76. The summed E-state index contributed by atoms with van der Waals surface area (Å²) in [5.74, 6) is 0.469. The fourth-order valence-corrected chi connectivity index (χ4v) is 2.08. The third-order valence-corrected chi connectivity index (χ3v) is 2.69. The Kier molecular flexibility index (Phi) is 3.67. The number of Topliss-reactive ketones (excluding diaryl/α,β-unsaturated/α-hetero) is 1. The third-order valence-electron chi connectivity index (χ3n) is 2.69. The highest BCUT2D eigenvalue weighted by molar-refractivity contribution is 5.78. The maximum absolute atomic E-state index is 11.2. The standard InChI is InChI=1S/C11H21NO2/c1-9(13)10-5-4-6-12(7-10)8-11(2,3)14/h10,14H,4-8H2,1-3H3. The summed E-state index contributed by atoms with van der Waals surface area (Å²) >= 11 is 0. The van der Waals surface area contributed by atoms with Crippen LogP contribution in [0.4, 0.5) is 0 Å². The first-order valence-electron chi connectivity index (χ1n) is 5.34.